The lowest BCUT2D eigenvalue weighted by molar-refractivity contribution is -0.130. The molecule has 0 aliphatic rings. The SMILES string of the molecule is CCNC(=NCc1ccnc(Oc2ccc(F)cc2)c1)NCCC(=O)N(CC)CC. The molecule has 8 heteroatoms. The van der Waals surface area contributed by atoms with Crippen LogP contribution in [0, 0.1) is 5.82 Å². The van der Waals surface area contributed by atoms with Crippen molar-refractivity contribution in [2.75, 3.05) is 26.2 Å². The Kier molecular flexibility index (Phi) is 9.57. The van der Waals surface area contributed by atoms with E-state index in [0.29, 0.717) is 56.7 Å². The Morgan fingerprint density at radius 1 is 1.13 bits per heavy atom. The number of nitrogens with one attached hydrogen (secondary N) is 2. The Bertz CT molecular complexity index is 823. The molecule has 0 radical (unpaired) electrons. The van der Waals surface area contributed by atoms with Crippen molar-refractivity contribution in [3.05, 3.63) is 54.0 Å². The van der Waals surface area contributed by atoms with E-state index in [1.807, 2.05) is 31.7 Å². The van der Waals surface area contributed by atoms with E-state index in [2.05, 4.69) is 20.6 Å². The Balaban J connectivity index is 1.93. The largest absolute Gasteiger partial charge is 0.439 e. The number of halogens is 1. The first kappa shape index (κ1) is 23.1. The van der Waals surface area contributed by atoms with Gasteiger partial charge in [0, 0.05) is 44.9 Å². The maximum absolute atomic E-state index is 13.0. The van der Waals surface area contributed by atoms with Crippen LogP contribution in [0.3, 0.4) is 0 Å². The van der Waals surface area contributed by atoms with Crippen LogP contribution in [0.25, 0.3) is 0 Å². The van der Waals surface area contributed by atoms with Crippen LogP contribution in [-0.4, -0.2) is 47.9 Å². The highest BCUT2D eigenvalue weighted by atomic mass is 19.1. The standard InChI is InChI=1S/C22H30FN5O2/c1-4-24-22(26-14-12-21(29)28(5-2)6-3)27-16-17-11-13-25-20(15-17)30-19-9-7-18(23)8-10-19/h7-11,13,15H,4-6,12,14,16H2,1-3H3,(H2,24,26,27). The smallest absolute Gasteiger partial charge is 0.224 e. The van der Waals surface area contributed by atoms with Crippen molar-refractivity contribution in [3.8, 4) is 11.6 Å². The van der Waals surface area contributed by atoms with Gasteiger partial charge in [0.2, 0.25) is 11.8 Å². The van der Waals surface area contributed by atoms with Crippen LogP contribution in [-0.2, 0) is 11.3 Å². The molecule has 0 saturated heterocycles. The van der Waals surface area contributed by atoms with Crippen molar-refractivity contribution in [1.29, 1.82) is 0 Å². The summed E-state index contributed by atoms with van der Waals surface area (Å²) in [6.45, 7) is 9.01. The zero-order valence-corrected chi connectivity index (χ0v) is 17.8. The summed E-state index contributed by atoms with van der Waals surface area (Å²) in [5.41, 5.74) is 0.915. The Hall–Kier alpha value is -3.16. The van der Waals surface area contributed by atoms with Gasteiger partial charge in [-0.15, -0.1) is 0 Å². The first-order valence-corrected chi connectivity index (χ1v) is 10.2. The quantitative estimate of drug-likeness (QED) is 0.460. The van der Waals surface area contributed by atoms with Crippen LogP contribution in [0.5, 0.6) is 11.6 Å². The number of amides is 1. The summed E-state index contributed by atoms with van der Waals surface area (Å²) in [4.78, 5) is 22.7. The summed E-state index contributed by atoms with van der Waals surface area (Å²) in [5.74, 6) is 1.37. The average molecular weight is 416 g/mol. The zero-order chi connectivity index (χ0) is 21.8. The molecule has 0 aliphatic heterocycles. The third kappa shape index (κ3) is 7.69. The van der Waals surface area contributed by atoms with E-state index in [-0.39, 0.29) is 11.7 Å². The minimum Gasteiger partial charge on any atom is -0.439 e. The van der Waals surface area contributed by atoms with Gasteiger partial charge in [0.1, 0.15) is 11.6 Å². The Morgan fingerprint density at radius 3 is 2.53 bits per heavy atom. The van der Waals surface area contributed by atoms with Crippen LogP contribution in [0.15, 0.2) is 47.6 Å². The number of hydrogen-bond donors (Lipinski definition) is 2. The highest BCUT2D eigenvalue weighted by Gasteiger charge is 2.09. The minimum absolute atomic E-state index is 0.125. The second-order valence-corrected chi connectivity index (χ2v) is 6.50. The van der Waals surface area contributed by atoms with E-state index in [1.54, 1.807) is 24.4 Å². The minimum atomic E-state index is -0.319. The summed E-state index contributed by atoms with van der Waals surface area (Å²) in [6, 6.07) is 9.42. The molecule has 0 spiro atoms. The molecule has 7 nitrogen and oxygen atoms in total. The monoisotopic (exact) mass is 415 g/mol. The van der Waals surface area contributed by atoms with Gasteiger partial charge in [-0.1, -0.05) is 0 Å². The summed E-state index contributed by atoms with van der Waals surface area (Å²) in [6.07, 6.45) is 2.06. The summed E-state index contributed by atoms with van der Waals surface area (Å²) in [5, 5.41) is 6.37. The molecular weight excluding hydrogens is 385 g/mol. The van der Waals surface area contributed by atoms with Gasteiger partial charge >= 0.3 is 0 Å². The number of carbonyl (C=O) groups is 1. The number of pyridine rings is 1. The number of guanidine groups is 1. The van der Waals surface area contributed by atoms with Crippen molar-refractivity contribution in [2.45, 2.75) is 33.7 Å². The molecule has 1 aromatic carbocycles. The van der Waals surface area contributed by atoms with Gasteiger partial charge < -0.3 is 20.3 Å². The maximum Gasteiger partial charge on any atom is 0.224 e. The molecule has 0 saturated carbocycles. The van der Waals surface area contributed by atoms with Crippen molar-refractivity contribution in [3.63, 3.8) is 0 Å². The number of ether oxygens (including phenoxy) is 1. The van der Waals surface area contributed by atoms with Gasteiger partial charge in [-0.2, -0.15) is 0 Å². The van der Waals surface area contributed by atoms with Crippen molar-refractivity contribution in [2.24, 2.45) is 4.99 Å². The molecule has 1 amide bonds. The first-order valence-electron chi connectivity index (χ1n) is 10.2. The van der Waals surface area contributed by atoms with Crippen molar-refractivity contribution >= 4 is 11.9 Å². The molecule has 0 bridgehead atoms. The highest BCUT2D eigenvalue weighted by Crippen LogP contribution is 2.20. The third-order valence-corrected chi connectivity index (χ3v) is 4.35. The summed E-state index contributed by atoms with van der Waals surface area (Å²) < 4.78 is 18.7. The molecule has 1 aromatic heterocycles. The first-order chi connectivity index (χ1) is 14.5. The number of benzene rings is 1. The summed E-state index contributed by atoms with van der Waals surface area (Å²) >= 11 is 0. The van der Waals surface area contributed by atoms with E-state index in [9.17, 15) is 9.18 Å². The van der Waals surface area contributed by atoms with E-state index in [4.69, 9.17) is 4.74 Å². The van der Waals surface area contributed by atoms with Gasteiger partial charge in [0.15, 0.2) is 5.96 Å². The third-order valence-electron chi connectivity index (χ3n) is 4.35. The number of aliphatic imine (C=N–C) groups is 1. The fraction of sp³-hybridized carbons (Fsp3) is 0.409. The normalized spacial score (nSPS) is 11.1. The highest BCUT2D eigenvalue weighted by molar-refractivity contribution is 5.81. The van der Waals surface area contributed by atoms with E-state index < -0.39 is 0 Å². The van der Waals surface area contributed by atoms with Gasteiger partial charge in [-0.05, 0) is 56.7 Å². The molecule has 0 atom stereocenters. The molecule has 1 heterocycles. The van der Waals surface area contributed by atoms with Crippen LogP contribution in [0.2, 0.25) is 0 Å². The zero-order valence-electron chi connectivity index (χ0n) is 17.8. The molecule has 30 heavy (non-hydrogen) atoms. The van der Waals surface area contributed by atoms with E-state index in [1.165, 1.54) is 12.1 Å². The lowest BCUT2D eigenvalue weighted by Gasteiger charge is -2.19. The lowest BCUT2D eigenvalue weighted by atomic mass is 10.2. The molecule has 0 fully saturated rings. The van der Waals surface area contributed by atoms with Crippen LogP contribution in [0.4, 0.5) is 4.39 Å². The average Bonchev–Trinajstić information content (AvgIpc) is 2.75. The topological polar surface area (TPSA) is 78.9 Å². The van der Waals surface area contributed by atoms with E-state index >= 15 is 0 Å². The predicted molar refractivity (Wildman–Crippen MR) is 116 cm³/mol. The van der Waals surface area contributed by atoms with Crippen molar-refractivity contribution < 1.29 is 13.9 Å². The number of aromatic nitrogens is 1. The summed E-state index contributed by atoms with van der Waals surface area (Å²) in [7, 11) is 0. The maximum atomic E-state index is 13.0. The second-order valence-electron chi connectivity index (χ2n) is 6.50. The van der Waals surface area contributed by atoms with Gasteiger partial charge in [-0.25, -0.2) is 14.4 Å². The second kappa shape index (κ2) is 12.4. The van der Waals surface area contributed by atoms with Crippen LogP contribution < -0.4 is 15.4 Å². The van der Waals surface area contributed by atoms with Gasteiger partial charge in [0.25, 0.3) is 0 Å². The molecular formula is C22H30FN5O2. The number of rotatable bonds is 10. The van der Waals surface area contributed by atoms with Crippen LogP contribution in [0.1, 0.15) is 32.8 Å². The molecule has 162 valence electrons. The predicted octanol–water partition coefficient (Wildman–Crippen LogP) is 3.33. The number of hydrogen-bond acceptors (Lipinski definition) is 4. The Morgan fingerprint density at radius 2 is 1.87 bits per heavy atom. The Labute approximate surface area is 177 Å². The van der Waals surface area contributed by atoms with Gasteiger partial charge in [-0.3, -0.25) is 4.79 Å². The molecule has 2 rings (SSSR count). The number of nitrogens with zero attached hydrogens (tertiary/aromatic N) is 3. The fourth-order valence-electron chi connectivity index (χ4n) is 2.76. The number of carbonyl (C=O) groups excluding carboxylic acids is 1. The van der Waals surface area contributed by atoms with Gasteiger partial charge in [0.05, 0.1) is 6.54 Å². The molecule has 0 unspecified atom stereocenters. The molecule has 0 aliphatic carbocycles. The van der Waals surface area contributed by atoms with E-state index in [0.717, 1.165) is 5.56 Å². The lowest BCUT2D eigenvalue weighted by Crippen LogP contribution is -2.40. The molecule has 2 aromatic rings. The van der Waals surface area contributed by atoms with Crippen LogP contribution >= 0.6 is 0 Å². The van der Waals surface area contributed by atoms with Crippen molar-refractivity contribution in [1.82, 2.24) is 20.5 Å². The molecule has 2 N–H and O–H groups in total. The fourth-order valence-corrected chi connectivity index (χ4v) is 2.76.